The molecule has 0 amide bonds. The molecule has 0 aromatic carbocycles. The van der Waals surface area contributed by atoms with E-state index in [0.717, 1.165) is 0 Å². The van der Waals surface area contributed by atoms with Crippen molar-refractivity contribution in [1.82, 2.24) is 0 Å². The summed E-state index contributed by atoms with van der Waals surface area (Å²) in [6.07, 6.45) is 5.01. The van der Waals surface area contributed by atoms with Gasteiger partial charge in [-0.15, -0.1) is 0 Å². The minimum absolute atomic E-state index is 0.0960. The molecule has 1 saturated carbocycles. The number of rotatable bonds is 4. The zero-order chi connectivity index (χ0) is 14.0. The molecule has 18 heavy (non-hydrogen) atoms. The quantitative estimate of drug-likeness (QED) is 0.721. The summed E-state index contributed by atoms with van der Waals surface area (Å²) in [6.45, 7) is 10.3. The van der Waals surface area contributed by atoms with Gasteiger partial charge in [0.05, 0.1) is 13.2 Å². The lowest BCUT2D eigenvalue weighted by atomic mass is 9.70. The topological polar surface area (TPSA) is 35.5 Å². The first-order valence-electron chi connectivity index (χ1n) is 6.94. The summed E-state index contributed by atoms with van der Waals surface area (Å²) in [5.41, 5.74) is -0.453. The lowest BCUT2D eigenvalue weighted by Gasteiger charge is -2.39. The van der Waals surface area contributed by atoms with Crippen LogP contribution in [0.1, 0.15) is 60.3 Å². The second-order valence-electron chi connectivity index (χ2n) is 6.85. The van der Waals surface area contributed by atoms with Crippen molar-refractivity contribution in [2.75, 3.05) is 7.11 Å². The van der Waals surface area contributed by atoms with Crippen molar-refractivity contribution < 1.29 is 14.3 Å². The summed E-state index contributed by atoms with van der Waals surface area (Å²) >= 11 is 0. The maximum Gasteiger partial charge on any atom is 0.337 e. The molecular weight excluding hydrogens is 228 g/mol. The molecule has 1 fully saturated rings. The fourth-order valence-electron chi connectivity index (χ4n) is 3.01. The summed E-state index contributed by atoms with van der Waals surface area (Å²) in [7, 11) is 1.40. The fourth-order valence-corrected chi connectivity index (χ4v) is 3.01. The molecule has 1 rings (SSSR count). The van der Waals surface area contributed by atoms with Gasteiger partial charge in [-0.05, 0) is 51.4 Å². The predicted octanol–water partition coefficient (Wildman–Crippen LogP) is 3.56. The summed E-state index contributed by atoms with van der Waals surface area (Å²) in [4.78, 5) is 11.6. The van der Waals surface area contributed by atoms with Crippen molar-refractivity contribution in [3.05, 3.63) is 0 Å². The minimum atomic E-state index is -0.851. The first-order valence-corrected chi connectivity index (χ1v) is 6.94. The molecule has 0 bridgehead atoms. The molecule has 0 aromatic rings. The van der Waals surface area contributed by atoms with E-state index in [0.29, 0.717) is 11.3 Å². The number of methoxy groups -OCH3 is 1. The molecule has 0 heterocycles. The lowest BCUT2D eigenvalue weighted by molar-refractivity contribution is -0.175. The molecule has 0 aromatic heterocycles. The van der Waals surface area contributed by atoms with E-state index in [2.05, 4.69) is 20.8 Å². The van der Waals surface area contributed by atoms with Gasteiger partial charge in [-0.3, -0.25) is 0 Å². The van der Waals surface area contributed by atoms with Crippen LogP contribution in [-0.2, 0) is 14.3 Å². The second kappa shape index (κ2) is 5.60. The van der Waals surface area contributed by atoms with Crippen molar-refractivity contribution in [2.24, 2.45) is 11.3 Å². The van der Waals surface area contributed by atoms with E-state index in [1.165, 1.54) is 32.8 Å². The molecule has 0 spiro atoms. The zero-order valence-electron chi connectivity index (χ0n) is 12.7. The largest absolute Gasteiger partial charge is 0.467 e. The third kappa shape index (κ3) is 3.98. The lowest BCUT2D eigenvalue weighted by Crippen LogP contribution is -2.42. The summed E-state index contributed by atoms with van der Waals surface area (Å²) < 4.78 is 10.7. The van der Waals surface area contributed by atoms with Crippen LogP contribution in [0, 0.1) is 11.3 Å². The Morgan fingerprint density at radius 1 is 1.39 bits per heavy atom. The molecule has 0 N–H and O–H groups in total. The number of ether oxygens (including phenoxy) is 2. The van der Waals surface area contributed by atoms with Crippen LogP contribution in [0.3, 0.4) is 0 Å². The van der Waals surface area contributed by atoms with Crippen LogP contribution in [0.25, 0.3) is 0 Å². The van der Waals surface area contributed by atoms with E-state index in [1.807, 2.05) is 0 Å². The van der Waals surface area contributed by atoms with Gasteiger partial charge < -0.3 is 9.47 Å². The van der Waals surface area contributed by atoms with Crippen molar-refractivity contribution in [2.45, 2.75) is 72.0 Å². The van der Waals surface area contributed by atoms with Gasteiger partial charge >= 0.3 is 5.97 Å². The Balaban J connectivity index is 2.60. The Hall–Kier alpha value is -0.570. The maximum absolute atomic E-state index is 11.6. The van der Waals surface area contributed by atoms with Crippen LogP contribution in [-0.4, -0.2) is 24.8 Å². The Morgan fingerprint density at radius 3 is 2.50 bits per heavy atom. The third-order valence-electron chi connectivity index (χ3n) is 4.06. The molecule has 1 aliphatic carbocycles. The molecule has 0 radical (unpaired) electrons. The van der Waals surface area contributed by atoms with E-state index < -0.39 is 5.60 Å². The number of hydrogen-bond acceptors (Lipinski definition) is 3. The van der Waals surface area contributed by atoms with E-state index >= 15 is 0 Å². The molecular formula is C15H28O3. The Labute approximate surface area is 111 Å². The van der Waals surface area contributed by atoms with Gasteiger partial charge in [0, 0.05) is 0 Å². The average Bonchev–Trinajstić information content (AvgIpc) is 2.25. The van der Waals surface area contributed by atoms with Crippen molar-refractivity contribution in [3.8, 4) is 0 Å². The molecule has 2 unspecified atom stereocenters. The first kappa shape index (κ1) is 15.5. The maximum atomic E-state index is 11.6. The van der Waals surface area contributed by atoms with Crippen LogP contribution >= 0.6 is 0 Å². The molecule has 106 valence electrons. The van der Waals surface area contributed by atoms with Crippen molar-refractivity contribution in [3.63, 3.8) is 0 Å². The Kier molecular flexibility index (Phi) is 4.82. The summed E-state index contributed by atoms with van der Waals surface area (Å²) in [6, 6.07) is 0. The van der Waals surface area contributed by atoms with Gasteiger partial charge in [0.25, 0.3) is 0 Å². The molecule has 0 saturated heterocycles. The third-order valence-corrected chi connectivity index (χ3v) is 4.06. The highest BCUT2D eigenvalue weighted by Gasteiger charge is 2.37. The normalized spacial score (nSPS) is 25.6. The Bertz CT molecular complexity index is 294. The number of hydrogen-bond donors (Lipinski definition) is 0. The highest BCUT2D eigenvalue weighted by molar-refractivity contribution is 5.78. The van der Waals surface area contributed by atoms with Gasteiger partial charge in [0.2, 0.25) is 0 Å². The number of carbonyl (C=O) groups excluding carboxylic acids is 1. The standard InChI is InChI=1S/C15H28O3/c1-11(18-15(4,5)13(16)17-6)12-8-7-9-14(2,3)10-12/h11-12H,7-10H2,1-6H3. The average molecular weight is 256 g/mol. The van der Waals surface area contributed by atoms with E-state index in [-0.39, 0.29) is 12.1 Å². The molecule has 1 aliphatic rings. The van der Waals surface area contributed by atoms with Gasteiger partial charge in [-0.25, -0.2) is 4.79 Å². The second-order valence-corrected chi connectivity index (χ2v) is 6.85. The Morgan fingerprint density at radius 2 is 2.00 bits per heavy atom. The highest BCUT2D eigenvalue weighted by atomic mass is 16.6. The SMILES string of the molecule is COC(=O)C(C)(C)OC(C)C1CCCC(C)(C)C1. The zero-order valence-corrected chi connectivity index (χ0v) is 12.7. The van der Waals surface area contributed by atoms with E-state index in [9.17, 15) is 4.79 Å². The van der Waals surface area contributed by atoms with Crippen molar-refractivity contribution >= 4 is 5.97 Å². The van der Waals surface area contributed by atoms with Crippen LogP contribution in [0.4, 0.5) is 0 Å². The molecule has 0 aliphatic heterocycles. The van der Waals surface area contributed by atoms with Gasteiger partial charge in [0.1, 0.15) is 0 Å². The van der Waals surface area contributed by atoms with Crippen LogP contribution in [0.15, 0.2) is 0 Å². The van der Waals surface area contributed by atoms with E-state index in [1.54, 1.807) is 13.8 Å². The van der Waals surface area contributed by atoms with Gasteiger partial charge in [-0.2, -0.15) is 0 Å². The molecule has 3 heteroatoms. The van der Waals surface area contributed by atoms with Crippen LogP contribution in [0.2, 0.25) is 0 Å². The fraction of sp³-hybridized carbons (Fsp3) is 0.933. The summed E-state index contributed by atoms with van der Waals surface area (Å²) in [5.74, 6) is 0.238. The monoisotopic (exact) mass is 256 g/mol. The predicted molar refractivity (Wildman–Crippen MR) is 72.4 cm³/mol. The van der Waals surface area contributed by atoms with Crippen LogP contribution < -0.4 is 0 Å². The first-order chi connectivity index (χ1) is 8.18. The van der Waals surface area contributed by atoms with E-state index in [4.69, 9.17) is 9.47 Å². The van der Waals surface area contributed by atoms with Crippen molar-refractivity contribution in [1.29, 1.82) is 0 Å². The number of carbonyl (C=O) groups is 1. The highest BCUT2D eigenvalue weighted by Crippen LogP contribution is 2.41. The smallest absolute Gasteiger partial charge is 0.337 e. The summed E-state index contributed by atoms with van der Waals surface area (Å²) in [5, 5.41) is 0. The molecule has 3 nitrogen and oxygen atoms in total. The minimum Gasteiger partial charge on any atom is -0.467 e. The number of esters is 1. The van der Waals surface area contributed by atoms with Crippen LogP contribution in [0.5, 0.6) is 0 Å². The van der Waals surface area contributed by atoms with Gasteiger partial charge in [-0.1, -0.05) is 20.3 Å². The van der Waals surface area contributed by atoms with Gasteiger partial charge in [0.15, 0.2) is 5.60 Å². The molecule has 2 atom stereocenters.